The average Bonchev–Trinajstić information content (AvgIpc) is 2.47. The first-order valence-electron chi connectivity index (χ1n) is 6.43. The maximum absolute atomic E-state index is 12.2. The Labute approximate surface area is 122 Å². The zero-order valence-electron chi connectivity index (χ0n) is 11.8. The second-order valence-corrected chi connectivity index (χ2v) is 4.57. The van der Waals surface area contributed by atoms with Gasteiger partial charge in [-0.05, 0) is 37.1 Å². The van der Waals surface area contributed by atoms with E-state index in [1.165, 1.54) is 6.08 Å². The third kappa shape index (κ3) is 3.35. The van der Waals surface area contributed by atoms with Crippen LogP contribution in [0.4, 0.5) is 11.4 Å². The van der Waals surface area contributed by atoms with Crippen molar-refractivity contribution in [1.82, 2.24) is 5.43 Å². The van der Waals surface area contributed by atoms with Gasteiger partial charge in [-0.25, -0.2) is 4.79 Å². The molecule has 5 heteroatoms. The molecule has 2 aromatic rings. The predicted molar refractivity (Wildman–Crippen MR) is 81.2 cm³/mol. The number of hydrazine groups is 1. The fraction of sp³-hybridized carbons (Fsp3) is 0.125. The van der Waals surface area contributed by atoms with E-state index in [0.29, 0.717) is 5.56 Å². The number of hydrogen-bond acceptors (Lipinski definition) is 4. The van der Waals surface area contributed by atoms with Crippen molar-refractivity contribution in [1.29, 1.82) is 0 Å². The van der Waals surface area contributed by atoms with Gasteiger partial charge in [0.1, 0.15) is 0 Å². The number of carbonyl (C=O) groups excluding carboxylic acids is 2. The maximum atomic E-state index is 12.2. The van der Waals surface area contributed by atoms with E-state index in [1.54, 1.807) is 24.3 Å². The molecular formula is C16H15N3O2. The number of isocyanates is 1. The van der Waals surface area contributed by atoms with Crippen molar-refractivity contribution in [3.05, 3.63) is 59.2 Å². The first-order chi connectivity index (χ1) is 10.1. The minimum atomic E-state index is -0.368. The Bertz CT molecular complexity index is 699. The molecule has 0 spiro atoms. The van der Waals surface area contributed by atoms with Gasteiger partial charge in [0.2, 0.25) is 6.08 Å². The van der Waals surface area contributed by atoms with Crippen LogP contribution in [0.25, 0.3) is 0 Å². The Kier molecular flexibility index (Phi) is 4.49. The summed E-state index contributed by atoms with van der Waals surface area (Å²) in [5.74, 6) is -0.368. The molecule has 1 amide bonds. The van der Waals surface area contributed by atoms with Gasteiger partial charge in [-0.1, -0.05) is 30.3 Å². The molecule has 0 aliphatic carbocycles. The molecule has 21 heavy (non-hydrogen) atoms. The average molecular weight is 281 g/mol. The molecule has 0 heterocycles. The van der Waals surface area contributed by atoms with Gasteiger partial charge in [0.25, 0.3) is 5.91 Å². The highest BCUT2D eigenvalue weighted by Crippen LogP contribution is 2.20. The number of nitrogens with zero attached hydrogens (tertiary/aromatic N) is 1. The van der Waals surface area contributed by atoms with Gasteiger partial charge in [-0.15, -0.1) is 0 Å². The molecule has 0 saturated carbocycles. The number of para-hydroxylation sites is 2. The van der Waals surface area contributed by atoms with E-state index in [0.717, 1.165) is 16.8 Å². The van der Waals surface area contributed by atoms with E-state index < -0.39 is 0 Å². The van der Waals surface area contributed by atoms with Crippen molar-refractivity contribution in [3.63, 3.8) is 0 Å². The lowest BCUT2D eigenvalue weighted by atomic mass is 10.1. The van der Waals surface area contributed by atoms with E-state index in [-0.39, 0.29) is 11.6 Å². The molecule has 0 radical (unpaired) electrons. The highest BCUT2D eigenvalue weighted by Gasteiger charge is 2.11. The highest BCUT2D eigenvalue weighted by molar-refractivity contribution is 5.99. The third-order valence-electron chi connectivity index (χ3n) is 3.10. The quantitative estimate of drug-likeness (QED) is 0.514. The Morgan fingerprint density at radius 1 is 1.05 bits per heavy atom. The molecule has 2 aromatic carbocycles. The van der Waals surface area contributed by atoms with Crippen LogP contribution in [0.15, 0.2) is 47.5 Å². The molecule has 2 rings (SSSR count). The summed E-state index contributed by atoms with van der Waals surface area (Å²) in [7, 11) is 0. The number of aliphatic imine (C=N–C) groups is 1. The molecule has 0 aliphatic rings. The highest BCUT2D eigenvalue weighted by atomic mass is 16.2. The maximum Gasteiger partial charge on any atom is 0.271 e. The van der Waals surface area contributed by atoms with Gasteiger partial charge in [-0.3, -0.25) is 15.6 Å². The molecule has 0 aliphatic heterocycles. The fourth-order valence-electron chi connectivity index (χ4n) is 2.01. The first-order valence-corrected chi connectivity index (χ1v) is 6.43. The topological polar surface area (TPSA) is 70.6 Å². The Morgan fingerprint density at radius 3 is 2.38 bits per heavy atom. The molecule has 0 aromatic heterocycles. The predicted octanol–water partition coefficient (Wildman–Crippen LogP) is 3.03. The minimum Gasteiger partial charge on any atom is -0.298 e. The van der Waals surface area contributed by atoms with Gasteiger partial charge in [0.15, 0.2) is 0 Å². The van der Waals surface area contributed by atoms with Crippen molar-refractivity contribution in [2.45, 2.75) is 13.8 Å². The van der Waals surface area contributed by atoms with Crippen LogP contribution in [-0.4, -0.2) is 12.0 Å². The van der Waals surface area contributed by atoms with Gasteiger partial charge < -0.3 is 0 Å². The van der Waals surface area contributed by atoms with Crippen molar-refractivity contribution < 1.29 is 9.59 Å². The van der Waals surface area contributed by atoms with E-state index >= 15 is 0 Å². The molecule has 5 nitrogen and oxygen atoms in total. The lowest BCUT2D eigenvalue weighted by Crippen LogP contribution is -2.30. The number of benzene rings is 2. The van der Waals surface area contributed by atoms with Crippen LogP contribution in [0.3, 0.4) is 0 Å². The van der Waals surface area contributed by atoms with Crippen LogP contribution in [0, 0.1) is 13.8 Å². The molecule has 0 fully saturated rings. The Balaban J connectivity index is 2.18. The van der Waals surface area contributed by atoms with Crippen molar-refractivity contribution in [2.75, 3.05) is 5.43 Å². The lowest BCUT2D eigenvalue weighted by Gasteiger charge is -2.14. The summed E-state index contributed by atoms with van der Waals surface area (Å²) in [6.07, 6.45) is 1.45. The molecule has 0 unspecified atom stereocenters. The van der Waals surface area contributed by atoms with Crippen LogP contribution in [0.2, 0.25) is 0 Å². The normalized spacial score (nSPS) is 9.62. The Hall–Kier alpha value is -2.91. The zero-order valence-corrected chi connectivity index (χ0v) is 11.8. The number of hydrogen-bond donors (Lipinski definition) is 2. The summed E-state index contributed by atoms with van der Waals surface area (Å²) >= 11 is 0. The first kappa shape index (κ1) is 14.5. The van der Waals surface area contributed by atoms with Crippen LogP contribution in [-0.2, 0) is 4.79 Å². The number of nitrogens with one attached hydrogen (secondary N) is 2. The largest absolute Gasteiger partial charge is 0.298 e. The van der Waals surface area contributed by atoms with Crippen molar-refractivity contribution in [2.24, 2.45) is 4.99 Å². The van der Waals surface area contributed by atoms with E-state index in [2.05, 4.69) is 15.8 Å². The zero-order chi connectivity index (χ0) is 15.2. The van der Waals surface area contributed by atoms with E-state index in [1.807, 2.05) is 32.0 Å². The van der Waals surface area contributed by atoms with Crippen LogP contribution in [0.5, 0.6) is 0 Å². The van der Waals surface area contributed by atoms with Gasteiger partial charge in [0.05, 0.1) is 16.9 Å². The lowest BCUT2D eigenvalue weighted by molar-refractivity contribution is 0.0963. The van der Waals surface area contributed by atoms with Crippen molar-refractivity contribution >= 4 is 23.4 Å². The summed E-state index contributed by atoms with van der Waals surface area (Å²) in [5, 5.41) is 0. The van der Waals surface area contributed by atoms with Gasteiger partial charge >= 0.3 is 0 Å². The summed E-state index contributed by atoms with van der Waals surface area (Å²) in [5.41, 5.74) is 9.01. The van der Waals surface area contributed by atoms with E-state index in [9.17, 15) is 9.59 Å². The summed E-state index contributed by atoms with van der Waals surface area (Å²) in [6.45, 7) is 3.90. The van der Waals surface area contributed by atoms with Crippen molar-refractivity contribution in [3.8, 4) is 0 Å². The molecule has 106 valence electrons. The van der Waals surface area contributed by atoms with Crippen LogP contribution < -0.4 is 10.9 Å². The fourth-order valence-corrected chi connectivity index (χ4v) is 2.01. The number of aryl methyl sites for hydroxylation is 2. The number of amides is 1. The molecule has 0 bridgehead atoms. The van der Waals surface area contributed by atoms with Gasteiger partial charge in [0, 0.05) is 0 Å². The number of anilines is 1. The SMILES string of the molecule is Cc1cccc(C)c1NNC(=O)c1ccccc1N=C=O. The molecule has 0 atom stereocenters. The van der Waals surface area contributed by atoms with Crippen LogP contribution in [0.1, 0.15) is 21.5 Å². The number of carbonyl (C=O) groups is 1. The smallest absolute Gasteiger partial charge is 0.271 e. The van der Waals surface area contributed by atoms with Gasteiger partial charge in [-0.2, -0.15) is 4.99 Å². The number of rotatable bonds is 4. The molecule has 2 N–H and O–H groups in total. The summed E-state index contributed by atoms with van der Waals surface area (Å²) < 4.78 is 0. The second kappa shape index (κ2) is 6.50. The summed E-state index contributed by atoms with van der Waals surface area (Å²) in [4.78, 5) is 26.1. The molecular weight excluding hydrogens is 266 g/mol. The second-order valence-electron chi connectivity index (χ2n) is 4.57. The third-order valence-corrected chi connectivity index (χ3v) is 3.10. The standard InChI is InChI=1S/C16H15N3O2/c1-11-6-5-7-12(2)15(11)18-19-16(21)13-8-3-4-9-14(13)17-10-20/h3-9,18H,1-2H3,(H,19,21). The summed E-state index contributed by atoms with van der Waals surface area (Å²) in [6, 6.07) is 12.4. The minimum absolute atomic E-state index is 0.285. The van der Waals surface area contributed by atoms with E-state index in [4.69, 9.17) is 0 Å². The molecule has 0 saturated heterocycles. The van der Waals surface area contributed by atoms with Crippen LogP contribution >= 0.6 is 0 Å². The Morgan fingerprint density at radius 2 is 1.71 bits per heavy atom. The monoisotopic (exact) mass is 281 g/mol.